The van der Waals surface area contributed by atoms with Gasteiger partial charge in [0.2, 0.25) is 15.9 Å². The van der Waals surface area contributed by atoms with Crippen LogP contribution in [0.5, 0.6) is 0 Å². The molecule has 1 heterocycles. The lowest BCUT2D eigenvalue weighted by molar-refractivity contribution is -0.140. The first kappa shape index (κ1) is 19.3. The van der Waals surface area contributed by atoms with Gasteiger partial charge in [-0.3, -0.25) is 4.79 Å². The van der Waals surface area contributed by atoms with E-state index in [0.717, 1.165) is 24.8 Å². The van der Waals surface area contributed by atoms with Crippen molar-refractivity contribution in [3.05, 3.63) is 35.9 Å². The summed E-state index contributed by atoms with van der Waals surface area (Å²) in [6, 6.07) is 8.86. The highest BCUT2D eigenvalue weighted by atomic mass is 32.2. The molecule has 0 spiro atoms. The first-order valence-electron chi connectivity index (χ1n) is 9.31. The van der Waals surface area contributed by atoms with Crippen molar-refractivity contribution in [2.24, 2.45) is 5.92 Å². The average Bonchev–Trinajstić information content (AvgIpc) is 2.52. The highest BCUT2D eigenvalue weighted by Gasteiger charge is 2.53. The number of nitrogens with zero attached hydrogens (tertiary/aromatic N) is 2. The molecule has 26 heavy (non-hydrogen) atoms. The normalized spacial score (nSPS) is 26.8. The number of rotatable bonds is 7. The molecular formula is C19H28N2O4S. The largest absolute Gasteiger partial charge is 0.395 e. The summed E-state index contributed by atoms with van der Waals surface area (Å²) in [5.74, 6) is 0.108. The summed E-state index contributed by atoms with van der Waals surface area (Å²) in [4.78, 5) is 14.5. The van der Waals surface area contributed by atoms with Crippen LogP contribution in [0.25, 0.3) is 0 Å². The van der Waals surface area contributed by atoms with E-state index in [-0.39, 0.29) is 30.4 Å². The molecule has 2 fully saturated rings. The standard InChI is InChI=1S/C19H28N2O4S/c1-3-20(19(23)15-10-7-11-15)12-16-18(14-8-5-4-6-9-14)17(13-22)21(16)26(2,24)25/h4-6,8-9,15-18,22H,3,7,10-13H2,1-2H3/t16-,17+,18-/m1/s1. The molecule has 3 atom stereocenters. The van der Waals surface area contributed by atoms with Gasteiger partial charge in [0.25, 0.3) is 0 Å². The van der Waals surface area contributed by atoms with Crippen LogP contribution in [0, 0.1) is 5.92 Å². The number of amides is 1. The lowest BCUT2D eigenvalue weighted by Crippen LogP contribution is -2.68. The number of aliphatic hydroxyl groups is 1. The van der Waals surface area contributed by atoms with Gasteiger partial charge in [-0.2, -0.15) is 4.31 Å². The molecule has 1 amide bonds. The zero-order valence-corrected chi connectivity index (χ0v) is 16.2. The molecule has 0 radical (unpaired) electrons. The molecular weight excluding hydrogens is 352 g/mol. The molecule has 7 heteroatoms. The van der Waals surface area contributed by atoms with Crippen molar-refractivity contribution in [2.45, 2.75) is 44.2 Å². The maximum Gasteiger partial charge on any atom is 0.225 e. The van der Waals surface area contributed by atoms with Gasteiger partial charge in [0.15, 0.2) is 0 Å². The van der Waals surface area contributed by atoms with E-state index in [0.29, 0.717) is 13.1 Å². The number of hydrogen-bond acceptors (Lipinski definition) is 4. The molecule has 1 aromatic rings. The van der Waals surface area contributed by atoms with Gasteiger partial charge in [-0.25, -0.2) is 8.42 Å². The van der Waals surface area contributed by atoms with Crippen molar-refractivity contribution in [2.75, 3.05) is 26.0 Å². The predicted molar refractivity (Wildman–Crippen MR) is 100 cm³/mol. The third-order valence-electron chi connectivity index (χ3n) is 5.79. The quantitative estimate of drug-likeness (QED) is 0.776. The molecule has 1 saturated carbocycles. The summed E-state index contributed by atoms with van der Waals surface area (Å²) in [5.41, 5.74) is 1.00. The first-order valence-corrected chi connectivity index (χ1v) is 11.2. The number of likely N-dealkylation sites (N-methyl/N-ethyl adjacent to an activating group) is 1. The van der Waals surface area contributed by atoms with Gasteiger partial charge in [0.1, 0.15) is 0 Å². The van der Waals surface area contributed by atoms with Crippen LogP contribution < -0.4 is 0 Å². The Morgan fingerprint density at radius 3 is 2.35 bits per heavy atom. The Balaban J connectivity index is 1.87. The highest BCUT2D eigenvalue weighted by molar-refractivity contribution is 7.88. The summed E-state index contributed by atoms with van der Waals surface area (Å²) in [7, 11) is -3.47. The third-order valence-corrected chi connectivity index (χ3v) is 7.10. The summed E-state index contributed by atoms with van der Waals surface area (Å²) in [6.45, 7) is 2.64. The lowest BCUT2D eigenvalue weighted by Gasteiger charge is -2.54. The van der Waals surface area contributed by atoms with Crippen molar-refractivity contribution in [1.29, 1.82) is 0 Å². The number of carbonyl (C=O) groups excluding carboxylic acids is 1. The van der Waals surface area contributed by atoms with Crippen molar-refractivity contribution in [1.82, 2.24) is 9.21 Å². The number of carbonyl (C=O) groups is 1. The first-order chi connectivity index (χ1) is 12.4. The van der Waals surface area contributed by atoms with Gasteiger partial charge in [0, 0.05) is 24.9 Å². The molecule has 1 aliphatic carbocycles. The monoisotopic (exact) mass is 380 g/mol. The zero-order chi connectivity index (χ0) is 18.9. The Hall–Kier alpha value is -1.44. The number of sulfonamides is 1. The maximum atomic E-state index is 12.7. The Morgan fingerprint density at radius 2 is 1.88 bits per heavy atom. The average molecular weight is 381 g/mol. The molecule has 2 aliphatic rings. The second-order valence-corrected chi connectivity index (χ2v) is 9.24. The molecule has 0 unspecified atom stereocenters. The fourth-order valence-corrected chi connectivity index (χ4v) is 5.61. The third kappa shape index (κ3) is 3.52. The van der Waals surface area contributed by atoms with Crippen LogP contribution in [-0.4, -0.2) is 66.7 Å². The minimum atomic E-state index is -3.47. The van der Waals surface area contributed by atoms with Gasteiger partial charge in [0.05, 0.1) is 24.9 Å². The van der Waals surface area contributed by atoms with Crippen molar-refractivity contribution >= 4 is 15.9 Å². The van der Waals surface area contributed by atoms with Crippen LogP contribution in [0.3, 0.4) is 0 Å². The van der Waals surface area contributed by atoms with Gasteiger partial charge < -0.3 is 10.0 Å². The Kier molecular flexibility index (Phi) is 5.69. The van der Waals surface area contributed by atoms with Crippen LogP contribution in [0.4, 0.5) is 0 Å². The van der Waals surface area contributed by atoms with E-state index in [1.807, 2.05) is 37.3 Å². The van der Waals surface area contributed by atoms with E-state index in [9.17, 15) is 18.3 Å². The molecule has 144 valence electrons. The van der Waals surface area contributed by atoms with Gasteiger partial charge in [-0.15, -0.1) is 0 Å². The molecule has 3 rings (SSSR count). The molecule has 0 bridgehead atoms. The van der Waals surface area contributed by atoms with Crippen LogP contribution in [0.1, 0.15) is 37.7 Å². The smallest absolute Gasteiger partial charge is 0.225 e. The van der Waals surface area contributed by atoms with E-state index in [1.54, 1.807) is 4.90 Å². The van der Waals surface area contributed by atoms with Crippen molar-refractivity contribution < 1.29 is 18.3 Å². The maximum absolute atomic E-state index is 12.7. The van der Waals surface area contributed by atoms with Crippen molar-refractivity contribution in [3.8, 4) is 0 Å². The minimum Gasteiger partial charge on any atom is -0.395 e. The highest BCUT2D eigenvalue weighted by Crippen LogP contribution is 2.43. The summed E-state index contributed by atoms with van der Waals surface area (Å²) < 4.78 is 26.0. The van der Waals surface area contributed by atoms with Crippen LogP contribution in [0.2, 0.25) is 0 Å². The van der Waals surface area contributed by atoms with Gasteiger partial charge in [-0.05, 0) is 25.3 Å². The predicted octanol–water partition coefficient (Wildman–Crippen LogP) is 1.42. The van der Waals surface area contributed by atoms with Crippen LogP contribution in [0.15, 0.2) is 30.3 Å². The molecule has 0 aromatic heterocycles. The number of hydrogen-bond donors (Lipinski definition) is 1. The fourth-order valence-electron chi connectivity index (χ4n) is 4.23. The summed E-state index contributed by atoms with van der Waals surface area (Å²) in [6.07, 6.45) is 4.12. The Labute approximate surface area is 155 Å². The van der Waals surface area contributed by atoms with Crippen LogP contribution in [-0.2, 0) is 14.8 Å². The molecule has 1 N–H and O–H groups in total. The molecule has 1 aliphatic heterocycles. The molecule has 1 saturated heterocycles. The van der Waals surface area contributed by atoms with Gasteiger partial charge in [-0.1, -0.05) is 36.8 Å². The Bertz CT molecular complexity index is 733. The molecule has 1 aromatic carbocycles. The summed E-state index contributed by atoms with van der Waals surface area (Å²) >= 11 is 0. The number of benzene rings is 1. The second-order valence-electron chi connectivity index (χ2n) is 7.35. The topological polar surface area (TPSA) is 77.9 Å². The van der Waals surface area contributed by atoms with E-state index in [1.165, 1.54) is 10.6 Å². The minimum absolute atomic E-state index is 0.0884. The van der Waals surface area contributed by atoms with E-state index >= 15 is 0 Å². The van der Waals surface area contributed by atoms with Crippen molar-refractivity contribution in [3.63, 3.8) is 0 Å². The number of aliphatic hydroxyl groups excluding tert-OH is 1. The zero-order valence-electron chi connectivity index (χ0n) is 15.4. The lowest BCUT2D eigenvalue weighted by atomic mass is 9.77. The van der Waals surface area contributed by atoms with E-state index in [4.69, 9.17) is 0 Å². The fraction of sp³-hybridized carbons (Fsp3) is 0.632. The van der Waals surface area contributed by atoms with E-state index < -0.39 is 16.1 Å². The van der Waals surface area contributed by atoms with E-state index in [2.05, 4.69) is 0 Å². The SMILES string of the molecule is CCN(C[C@@H]1[C@@H](c2ccccc2)[C@H](CO)N1S(C)(=O)=O)C(=O)C1CCC1. The van der Waals surface area contributed by atoms with Gasteiger partial charge >= 0.3 is 0 Å². The summed E-state index contributed by atoms with van der Waals surface area (Å²) in [5, 5.41) is 9.82. The second kappa shape index (κ2) is 7.66. The van der Waals surface area contributed by atoms with Crippen LogP contribution >= 0.6 is 0 Å². The molecule has 6 nitrogen and oxygen atoms in total. The Morgan fingerprint density at radius 1 is 1.23 bits per heavy atom.